The molecule has 0 aliphatic carbocycles. The third kappa shape index (κ3) is 3.52. The third-order valence-electron chi connectivity index (χ3n) is 2.84. The molecule has 17 heavy (non-hydrogen) atoms. The average Bonchev–Trinajstić information content (AvgIpc) is 2.38. The molecule has 0 amide bonds. The lowest BCUT2D eigenvalue weighted by Gasteiger charge is -2.27. The lowest BCUT2D eigenvalue weighted by atomic mass is 9.77. The van der Waals surface area contributed by atoms with Crippen molar-refractivity contribution in [1.82, 2.24) is 10.4 Å². The van der Waals surface area contributed by atoms with Gasteiger partial charge in [0.1, 0.15) is 0 Å². The summed E-state index contributed by atoms with van der Waals surface area (Å²) in [5.41, 5.74) is 4.71. The van der Waals surface area contributed by atoms with Crippen LogP contribution < -0.4 is 10.9 Å². The SMILES string of the molecule is OB(O)c1ccccc1CNN1CCOCC1. The molecule has 0 saturated carbocycles. The number of ether oxygens (including phenoxy) is 1. The van der Waals surface area contributed by atoms with Crippen LogP contribution in [0.5, 0.6) is 0 Å². The van der Waals surface area contributed by atoms with Gasteiger partial charge in [-0.2, -0.15) is 0 Å². The van der Waals surface area contributed by atoms with Gasteiger partial charge >= 0.3 is 7.12 Å². The van der Waals surface area contributed by atoms with E-state index in [9.17, 15) is 10.0 Å². The number of hydrazine groups is 1. The summed E-state index contributed by atoms with van der Waals surface area (Å²) in [7, 11) is -1.42. The largest absolute Gasteiger partial charge is 0.488 e. The van der Waals surface area contributed by atoms with Crippen molar-refractivity contribution in [3.63, 3.8) is 0 Å². The Labute approximate surface area is 101 Å². The lowest BCUT2D eigenvalue weighted by molar-refractivity contribution is 0.0106. The molecule has 92 valence electrons. The van der Waals surface area contributed by atoms with E-state index in [1.807, 2.05) is 12.1 Å². The first-order chi connectivity index (χ1) is 8.27. The summed E-state index contributed by atoms with van der Waals surface area (Å²) in [6.45, 7) is 3.76. The van der Waals surface area contributed by atoms with Crippen molar-refractivity contribution in [3.8, 4) is 0 Å². The molecular formula is C11H17BN2O3. The highest BCUT2D eigenvalue weighted by Crippen LogP contribution is 1.99. The lowest BCUT2D eigenvalue weighted by Crippen LogP contribution is -2.46. The highest BCUT2D eigenvalue weighted by molar-refractivity contribution is 6.59. The monoisotopic (exact) mass is 236 g/mol. The zero-order chi connectivity index (χ0) is 12.1. The summed E-state index contributed by atoms with van der Waals surface area (Å²) in [6.07, 6.45) is 0. The quantitative estimate of drug-likeness (QED) is 0.567. The van der Waals surface area contributed by atoms with Crippen LogP contribution in [0.4, 0.5) is 0 Å². The molecule has 1 aliphatic rings. The fourth-order valence-electron chi connectivity index (χ4n) is 1.87. The highest BCUT2D eigenvalue weighted by Gasteiger charge is 2.16. The summed E-state index contributed by atoms with van der Waals surface area (Å²) in [4.78, 5) is 0. The molecule has 6 heteroatoms. The molecule has 0 bridgehead atoms. The Kier molecular flexibility index (Phi) is 4.53. The van der Waals surface area contributed by atoms with Gasteiger partial charge in [0.2, 0.25) is 0 Å². The van der Waals surface area contributed by atoms with Gasteiger partial charge in [0.05, 0.1) is 13.2 Å². The Morgan fingerprint density at radius 3 is 2.65 bits per heavy atom. The molecule has 1 aromatic carbocycles. The molecule has 1 aliphatic heterocycles. The van der Waals surface area contributed by atoms with Crippen molar-refractivity contribution in [3.05, 3.63) is 29.8 Å². The molecular weight excluding hydrogens is 219 g/mol. The van der Waals surface area contributed by atoms with E-state index >= 15 is 0 Å². The maximum Gasteiger partial charge on any atom is 0.488 e. The van der Waals surface area contributed by atoms with E-state index in [-0.39, 0.29) is 0 Å². The Balaban J connectivity index is 1.93. The number of morpholine rings is 1. The maximum absolute atomic E-state index is 9.24. The number of rotatable bonds is 4. The van der Waals surface area contributed by atoms with E-state index in [0.717, 1.165) is 31.9 Å². The van der Waals surface area contributed by atoms with Gasteiger partial charge in [-0.25, -0.2) is 5.01 Å². The van der Waals surface area contributed by atoms with Crippen LogP contribution in [0.15, 0.2) is 24.3 Å². The minimum atomic E-state index is -1.42. The smallest absolute Gasteiger partial charge is 0.423 e. The van der Waals surface area contributed by atoms with E-state index in [1.54, 1.807) is 12.1 Å². The molecule has 0 atom stereocenters. The fourth-order valence-corrected chi connectivity index (χ4v) is 1.87. The van der Waals surface area contributed by atoms with Gasteiger partial charge in [0, 0.05) is 19.6 Å². The highest BCUT2D eigenvalue weighted by atomic mass is 16.5. The predicted octanol–water partition coefficient (Wildman–Crippen LogP) is -1.30. The molecule has 1 heterocycles. The number of nitrogens with one attached hydrogen (secondary N) is 1. The van der Waals surface area contributed by atoms with E-state index in [1.165, 1.54) is 0 Å². The summed E-state index contributed by atoms with van der Waals surface area (Å²) in [6, 6.07) is 7.30. The zero-order valence-electron chi connectivity index (χ0n) is 9.67. The van der Waals surface area contributed by atoms with Crippen molar-refractivity contribution in [1.29, 1.82) is 0 Å². The normalized spacial score (nSPS) is 17.1. The van der Waals surface area contributed by atoms with Crippen LogP contribution in [-0.2, 0) is 11.3 Å². The van der Waals surface area contributed by atoms with Crippen molar-refractivity contribution in [2.24, 2.45) is 0 Å². The van der Waals surface area contributed by atoms with E-state index in [4.69, 9.17) is 4.74 Å². The Morgan fingerprint density at radius 2 is 1.94 bits per heavy atom. The van der Waals surface area contributed by atoms with Crippen molar-refractivity contribution in [2.75, 3.05) is 26.3 Å². The van der Waals surface area contributed by atoms with Crippen LogP contribution in [0, 0.1) is 0 Å². The van der Waals surface area contributed by atoms with Crippen LogP contribution in [0.25, 0.3) is 0 Å². The van der Waals surface area contributed by atoms with E-state index < -0.39 is 7.12 Å². The first kappa shape index (κ1) is 12.5. The topological polar surface area (TPSA) is 65.0 Å². The number of hydrogen-bond donors (Lipinski definition) is 3. The van der Waals surface area contributed by atoms with Gasteiger partial charge in [-0.3, -0.25) is 5.43 Å². The van der Waals surface area contributed by atoms with Gasteiger partial charge in [0.25, 0.3) is 0 Å². The molecule has 5 nitrogen and oxygen atoms in total. The molecule has 1 aromatic rings. The second-order valence-corrected chi connectivity index (χ2v) is 4.01. The molecule has 0 unspecified atom stereocenters. The van der Waals surface area contributed by atoms with Crippen LogP contribution in [-0.4, -0.2) is 48.5 Å². The molecule has 1 fully saturated rings. The predicted molar refractivity (Wildman–Crippen MR) is 65.5 cm³/mol. The van der Waals surface area contributed by atoms with E-state index in [2.05, 4.69) is 10.4 Å². The second kappa shape index (κ2) is 6.14. The first-order valence-electron chi connectivity index (χ1n) is 5.77. The number of nitrogens with zero attached hydrogens (tertiary/aromatic N) is 1. The van der Waals surface area contributed by atoms with Gasteiger partial charge in [-0.1, -0.05) is 24.3 Å². The zero-order valence-corrected chi connectivity index (χ0v) is 9.67. The molecule has 0 aromatic heterocycles. The molecule has 2 rings (SSSR count). The Hall–Kier alpha value is -0.915. The molecule has 3 N–H and O–H groups in total. The first-order valence-corrected chi connectivity index (χ1v) is 5.77. The Bertz CT molecular complexity index is 356. The van der Waals surface area contributed by atoms with Crippen LogP contribution >= 0.6 is 0 Å². The summed E-state index contributed by atoms with van der Waals surface area (Å²) >= 11 is 0. The van der Waals surface area contributed by atoms with E-state index in [0.29, 0.717) is 12.0 Å². The standard InChI is InChI=1S/C11H17BN2O3/c15-12(16)11-4-2-1-3-10(11)9-13-14-5-7-17-8-6-14/h1-4,13,15-16H,5-9H2. The summed E-state index contributed by atoms with van der Waals surface area (Å²) in [5.74, 6) is 0. The Morgan fingerprint density at radius 1 is 1.24 bits per heavy atom. The van der Waals surface area contributed by atoms with Crippen LogP contribution in [0.3, 0.4) is 0 Å². The maximum atomic E-state index is 9.24. The minimum Gasteiger partial charge on any atom is -0.423 e. The molecule has 0 spiro atoms. The summed E-state index contributed by atoms with van der Waals surface area (Å²) < 4.78 is 5.25. The van der Waals surface area contributed by atoms with Crippen molar-refractivity contribution >= 4 is 12.6 Å². The fraction of sp³-hybridized carbons (Fsp3) is 0.455. The number of hydrogen-bond acceptors (Lipinski definition) is 5. The van der Waals surface area contributed by atoms with Crippen molar-refractivity contribution < 1.29 is 14.8 Å². The van der Waals surface area contributed by atoms with Crippen LogP contribution in [0.2, 0.25) is 0 Å². The van der Waals surface area contributed by atoms with Gasteiger partial charge < -0.3 is 14.8 Å². The average molecular weight is 236 g/mol. The van der Waals surface area contributed by atoms with Crippen molar-refractivity contribution in [2.45, 2.75) is 6.54 Å². The molecule has 1 saturated heterocycles. The molecule has 0 radical (unpaired) electrons. The third-order valence-corrected chi connectivity index (χ3v) is 2.84. The second-order valence-electron chi connectivity index (χ2n) is 4.01. The van der Waals surface area contributed by atoms with Crippen LogP contribution in [0.1, 0.15) is 5.56 Å². The summed E-state index contributed by atoms with van der Waals surface area (Å²) in [5, 5.41) is 20.6. The van der Waals surface area contributed by atoms with Gasteiger partial charge in [-0.05, 0) is 11.0 Å². The minimum absolute atomic E-state index is 0.549. The number of benzene rings is 1. The van der Waals surface area contributed by atoms with Gasteiger partial charge in [-0.15, -0.1) is 0 Å². The van der Waals surface area contributed by atoms with Gasteiger partial charge in [0.15, 0.2) is 0 Å².